The fourth-order valence-corrected chi connectivity index (χ4v) is 5.27. The van der Waals surface area contributed by atoms with Crippen LogP contribution in [0.2, 0.25) is 0 Å². The predicted octanol–water partition coefficient (Wildman–Crippen LogP) is 2.56. The molecule has 0 aromatic carbocycles. The van der Waals surface area contributed by atoms with Gasteiger partial charge in [0, 0.05) is 17.3 Å². The number of carbonyl (C=O) groups is 1. The highest BCUT2D eigenvalue weighted by molar-refractivity contribution is 5.90. The molecule has 0 aromatic heterocycles. The summed E-state index contributed by atoms with van der Waals surface area (Å²) in [6, 6.07) is 0. The third-order valence-corrected chi connectivity index (χ3v) is 6.72. The van der Waals surface area contributed by atoms with Crippen LogP contribution in [0.3, 0.4) is 0 Å². The van der Waals surface area contributed by atoms with E-state index in [9.17, 15) is 15.0 Å². The molecule has 118 valence electrons. The molecule has 0 aliphatic heterocycles. The Balaban J connectivity index is 2.14. The van der Waals surface area contributed by atoms with E-state index < -0.39 is 6.10 Å². The number of Topliss-reactive ketones (excluding diaryl/α,β-unsaturated/α-hetero) is 1. The summed E-state index contributed by atoms with van der Waals surface area (Å²) in [6.45, 7) is 6.45. The van der Waals surface area contributed by atoms with Crippen LogP contribution < -0.4 is 0 Å². The highest BCUT2D eigenvalue weighted by atomic mass is 16.3. The minimum atomic E-state index is -0.644. The van der Waals surface area contributed by atoms with Crippen molar-refractivity contribution in [3.63, 3.8) is 0 Å². The molecular weight excluding hydrogens is 264 g/mol. The maximum absolute atomic E-state index is 13.3. The van der Waals surface area contributed by atoms with Crippen LogP contribution in [0.1, 0.15) is 46.5 Å². The standard InChI is InChI=1S/C18H28O3/c1-10-6-15-16(20)13(9-19)7-14-12(3)11(2)4-5-18(15,8-10)17(14)21/h7,10-12,14-16,19-20H,4-6,8-9H2,1-3H3. The van der Waals surface area contributed by atoms with Gasteiger partial charge in [0.25, 0.3) is 0 Å². The molecule has 21 heavy (non-hydrogen) atoms. The summed E-state index contributed by atoms with van der Waals surface area (Å²) in [6.07, 6.45) is 5.06. The molecule has 7 atom stereocenters. The number of carbonyl (C=O) groups excluding carboxylic acids is 1. The fourth-order valence-electron chi connectivity index (χ4n) is 5.27. The Hall–Kier alpha value is -0.670. The van der Waals surface area contributed by atoms with Gasteiger partial charge in [0.15, 0.2) is 0 Å². The van der Waals surface area contributed by atoms with Crippen LogP contribution in [0.15, 0.2) is 11.6 Å². The fraction of sp³-hybridized carbons (Fsp3) is 0.833. The van der Waals surface area contributed by atoms with E-state index in [1.54, 1.807) is 0 Å². The summed E-state index contributed by atoms with van der Waals surface area (Å²) in [7, 11) is 0. The quantitative estimate of drug-likeness (QED) is 0.730. The third-order valence-electron chi connectivity index (χ3n) is 6.72. The number of ketones is 1. The Morgan fingerprint density at radius 2 is 2.05 bits per heavy atom. The molecule has 0 aromatic rings. The predicted molar refractivity (Wildman–Crippen MR) is 81.6 cm³/mol. The largest absolute Gasteiger partial charge is 0.392 e. The highest BCUT2D eigenvalue weighted by Crippen LogP contribution is 2.58. The van der Waals surface area contributed by atoms with Crippen LogP contribution >= 0.6 is 0 Å². The molecule has 2 N–H and O–H groups in total. The van der Waals surface area contributed by atoms with Gasteiger partial charge < -0.3 is 10.2 Å². The molecule has 3 aliphatic carbocycles. The maximum atomic E-state index is 13.3. The van der Waals surface area contributed by atoms with Gasteiger partial charge >= 0.3 is 0 Å². The van der Waals surface area contributed by atoms with Gasteiger partial charge in [0.05, 0.1) is 12.7 Å². The second-order valence-corrected chi connectivity index (χ2v) is 7.92. The van der Waals surface area contributed by atoms with Crippen LogP contribution in [0.4, 0.5) is 0 Å². The van der Waals surface area contributed by atoms with Crippen LogP contribution in [0.25, 0.3) is 0 Å². The Labute approximate surface area is 127 Å². The topological polar surface area (TPSA) is 57.5 Å². The first kappa shape index (κ1) is 15.2. The van der Waals surface area contributed by atoms with Gasteiger partial charge in [-0.25, -0.2) is 0 Å². The lowest BCUT2D eigenvalue weighted by Crippen LogP contribution is -2.41. The van der Waals surface area contributed by atoms with Gasteiger partial charge in [-0.15, -0.1) is 0 Å². The number of aliphatic hydroxyl groups excluding tert-OH is 2. The van der Waals surface area contributed by atoms with Crippen LogP contribution in [-0.4, -0.2) is 28.7 Å². The zero-order chi connectivity index (χ0) is 15.4. The molecule has 2 fully saturated rings. The van der Waals surface area contributed by atoms with Crippen LogP contribution in [0, 0.1) is 35.0 Å². The van der Waals surface area contributed by atoms with Gasteiger partial charge in [-0.2, -0.15) is 0 Å². The number of rotatable bonds is 1. The van der Waals surface area contributed by atoms with Gasteiger partial charge in [-0.1, -0.05) is 26.8 Å². The molecule has 3 rings (SSSR count). The average molecular weight is 292 g/mol. The summed E-state index contributed by atoms with van der Waals surface area (Å²) < 4.78 is 0. The Bertz CT molecular complexity index is 469. The van der Waals surface area contributed by atoms with Crippen molar-refractivity contribution in [3.05, 3.63) is 11.6 Å². The number of hydrogen-bond donors (Lipinski definition) is 2. The summed E-state index contributed by atoms with van der Waals surface area (Å²) in [5.74, 6) is 1.50. The Kier molecular flexibility index (Phi) is 3.77. The SMILES string of the molecule is CC1CC2C(O)C(CO)=CC3C(=O)C2(CCC(C)C3C)C1. The summed E-state index contributed by atoms with van der Waals surface area (Å²) in [4.78, 5) is 13.3. The molecule has 3 aliphatic rings. The van der Waals surface area contributed by atoms with E-state index in [2.05, 4.69) is 20.8 Å². The normalized spacial score (nSPS) is 50.1. The monoisotopic (exact) mass is 292 g/mol. The molecule has 0 heterocycles. The smallest absolute Gasteiger partial charge is 0.146 e. The van der Waals surface area contributed by atoms with Crippen molar-refractivity contribution in [2.75, 3.05) is 6.61 Å². The van der Waals surface area contributed by atoms with E-state index >= 15 is 0 Å². The number of hydrogen-bond acceptors (Lipinski definition) is 3. The molecule has 3 nitrogen and oxygen atoms in total. The van der Waals surface area contributed by atoms with E-state index in [1.165, 1.54) is 0 Å². The molecule has 0 saturated heterocycles. The van der Waals surface area contributed by atoms with Crippen molar-refractivity contribution >= 4 is 5.78 Å². The molecule has 2 saturated carbocycles. The van der Waals surface area contributed by atoms with Gasteiger partial charge in [-0.05, 0) is 49.0 Å². The molecular formula is C18H28O3. The van der Waals surface area contributed by atoms with Gasteiger partial charge in [-0.3, -0.25) is 4.79 Å². The van der Waals surface area contributed by atoms with E-state index in [0.717, 1.165) is 25.7 Å². The van der Waals surface area contributed by atoms with E-state index in [0.29, 0.717) is 29.1 Å². The van der Waals surface area contributed by atoms with Gasteiger partial charge in [0.1, 0.15) is 5.78 Å². The lowest BCUT2D eigenvalue weighted by atomic mass is 9.68. The summed E-state index contributed by atoms with van der Waals surface area (Å²) in [5, 5.41) is 20.4. The number of allylic oxidation sites excluding steroid dienone is 1. The first-order valence-corrected chi connectivity index (χ1v) is 8.44. The minimum Gasteiger partial charge on any atom is -0.392 e. The van der Waals surface area contributed by atoms with E-state index in [-0.39, 0.29) is 23.9 Å². The van der Waals surface area contributed by atoms with Crippen molar-refractivity contribution < 1.29 is 15.0 Å². The second kappa shape index (κ2) is 5.20. The molecule has 7 unspecified atom stereocenters. The van der Waals surface area contributed by atoms with E-state index in [1.807, 2.05) is 6.08 Å². The highest BCUT2D eigenvalue weighted by Gasteiger charge is 2.58. The third kappa shape index (κ3) is 2.12. The van der Waals surface area contributed by atoms with Gasteiger partial charge in [0.2, 0.25) is 0 Å². The van der Waals surface area contributed by atoms with Crippen molar-refractivity contribution in [2.24, 2.45) is 35.0 Å². The second-order valence-electron chi connectivity index (χ2n) is 7.92. The maximum Gasteiger partial charge on any atom is 0.146 e. The van der Waals surface area contributed by atoms with Crippen molar-refractivity contribution in [3.8, 4) is 0 Å². The number of fused-ring (bicyclic) bond motifs is 1. The summed E-state index contributed by atoms with van der Waals surface area (Å²) in [5.41, 5.74) is 0.325. The van der Waals surface area contributed by atoms with Crippen molar-refractivity contribution in [2.45, 2.75) is 52.6 Å². The van der Waals surface area contributed by atoms with Crippen molar-refractivity contribution in [1.82, 2.24) is 0 Å². The molecule has 1 spiro atoms. The first-order chi connectivity index (χ1) is 9.90. The average Bonchev–Trinajstić information content (AvgIpc) is 2.74. The minimum absolute atomic E-state index is 0.000833. The number of aliphatic hydroxyl groups is 2. The van der Waals surface area contributed by atoms with Crippen LogP contribution in [0.5, 0.6) is 0 Å². The Morgan fingerprint density at radius 3 is 2.71 bits per heavy atom. The zero-order valence-corrected chi connectivity index (χ0v) is 13.4. The Morgan fingerprint density at radius 1 is 1.33 bits per heavy atom. The first-order valence-electron chi connectivity index (χ1n) is 8.44. The summed E-state index contributed by atoms with van der Waals surface area (Å²) >= 11 is 0. The zero-order valence-electron chi connectivity index (χ0n) is 13.4. The van der Waals surface area contributed by atoms with Crippen molar-refractivity contribution in [1.29, 1.82) is 0 Å². The molecule has 3 heteroatoms. The van der Waals surface area contributed by atoms with Crippen LogP contribution in [-0.2, 0) is 4.79 Å². The lowest BCUT2D eigenvalue weighted by molar-refractivity contribution is -0.136. The molecule has 0 amide bonds. The molecule has 0 radical (unpaired) electrons. The molecule has 2 bridgehead atoms. The lowest BCUT2D eigenvalue weighted by Gasteiger charge is -2.35. The van der Waals surface area contributed by atoms with E-state index in [4.69, 9.17) is 0 Å².